The molecule has 3 aromatic rings. The van der Waals surface area contributed by atoms with Crippen LogP contribution in [-0.2, 0) is 13.1 Å². The molecule has 0 saturated carbocycles. The van der Waals surface area contributed by atoms with Gasteiger partial charge in [-0.2, -0.15) is 0 Å². The molecule has 2 aromatic heterocycles. The van der Waals surface area contributed by atoms with Gasteiger partial charge in [0.2, 0.25) is 5.95 Å². The summed E-state index contributed by atoms with van der Waals surface area (Å²) in [6.07, 6.45) is 4.51. The summed E-state index contributed by atoms with van der Waals surface area (Å²) in [5, 5.41) is 5.67. The van der Waals surface area contributed by atoms with E-state index < -0.39 is 0 Å². The summed E-state index contributed by atoms with van der Waals surface area (Å²) in [7, 11) is 0. The van der Waals surface area contributed by atoms with Crippen molar-refractivity contribution < 1.29 is 9.18 Å². The van der Waals surface area contributed by atoms with Crippen LogP contribution in [-0.4, -0.2) is 20.9 Å². The molecule has 0 fully saturated rings. The first kappa shape index (κ1) is 16.5. The molecule has 6 nitrogen and oxygen atoms in total. The number of nitrogens with zero attached hydrogens (tertiary/aromatic N) is 3. The monoisotopic (exact) mass is 337 g/mol. The van der Waals surface area contributed by atoms with Crippen LogP contribution in [0.3, 0.4) is 0 Å². The Morgan fingerprint density at radius 1 is 0.960 bits per heavy atom. The number of benzene rings is 1. The molecule has 1 amide bonds. The van der Waals surface area contributed by atoms with Crippen molar-refractivity contribution in [1.82, 2.24) is 20.3 Å². The van der Waals surface area contributed by atoms with Crippen molar-refractivity contribution in [3.8, 4) is 0 Å². The smallest absolute Gasteiger partial charge is 0.254 e. The number of hydrogen-bond donors (Lipinski definition) is 2. The summed E-state index contributed by atoms with van der Waals surface area (Å²) < 4.78 is 13.5. The van der Waals surface area contributed by atoms with E-state index in [2.05, 4.69) is 25.6 Å². The topological polar surface area (TPSA) is 79.8 Å². The van der Waals surface area contributed by atoms with Crippen LogP contribution >= 0.6 is 0 Å². The maximum atomic E-state index is 13.5. The Morgan fingerprint density at radius 3 is 2.44 bits per heavy atom. The number of hydrogen-bond acceptors (Lipinski definition) is 5. The number of nitrogens with one attached hydrogen (secondary N) is 2. The fourth-order valence-corrected chi connectivity index (χ4v) is 2.13. The fraction of sp³-hybridized carbons (Fsp3) is 0.111. The first-order chi connectivity index (χ1) is 12.2. The third-order valence-corrected chi connectivity index (χ3v) is 3.47. The second-order valence-corrected chi connectivity index (χ2v) is 5.24. The van der Waals surface area contributed by atoms with Gasteiger partial charge in [-0.3, -0.25) is 9.78 Å². The van der Waals surface area contributed by atoms with E-state index in [4.69, 9.17) is 0 Å². The Morgan fingerprint density at radius 2 is 1.72 bits per heavy atom. The van der Waals surface area contributed by atoms with E-state index in [-0.39, 0.29) is 18.3 Å². The van der Waals surface area contributed by atoms with Gasteiger partial charge in [0.25, 0.3) is 5.91 Å². The molecule has 0 spiro atoms. The van der Waals surface area contributed by atoms with Crippen molar-refractivity contribution in [2.45, 2.75) is 13.1 Å². The van der Waals surface area contributed by atoms with Crippen molar-refractivity contribution in [2.75, 3.05) is 5.32 Å². The lowest BCUT2D eigenvalue weighted by Gasteiger charge is -2.07. The molecule has 2 heterocycles. The summed E-state index contributed by atoms with van der Waals surface area (Å²) in [5.74, 6) is -0.253. The second kappa shape index (κ2) is 7.96. The molecule has 0 aliphatic heterocycles. The third kappa shape index (κ3) is 4.57. The number of aromatic nitrogens is 3. The van der Waals surface area contributed by atoms with Gasteiger partial charge in [0.15, 0.2) is 0 Å². The molecular formula is C18H16FN5O. The molecule has 0 aliphatic rings. The third-order valence-electron chi connectivity index (χ3n) is 3.47. The highest BCUT2D eigenvalue weighted by Crippen LogP contribution is 2.08. The van der Waals surface area contributed by atoms with Crippen LogP contribution in [0.4, 0.5) is 10.3 Å². The largest absolute Gasteiger partial charge is 0.350 e. The zero-order valence-corrected chi connectivity index (χ0v) is 13.3. The van der Waals surface area contributed by atoms with Crippen molar-refractivity contribution in [3.63, 3.8) is 0 Å². The number of amides is 1. The van der Waals surface area contributed by atoms with Crippen LogP contribution in [0.1, 0.15) is 21.6 Å². The van der Waals surface area contributed by atoms with Gasteiger partial charge in [0.05, 0.1) is 17.8 Å². The lowest BCUT2D eigenvalue weighted by Crippen LogP contribution is -2.23. The number of anilines is 1. The summed E-state index contributed by atoms with van der Waals surface area (Å²) in [5.41, 5.74) is 1.62. The summed E-state index contributed by atoms with van der Waals surface area (Å²) >= 11 is 0. The van der Waals surface area contributed by atoms with Gasteiger partial charge < -0.3 is 10.6 Å². The van der Waals surface area contributed by atoms with E-state index in [1.807, 2.05) is 18.2 Å². The van der Waals surface area contributed by atoms with Gasteiger partial charge >= 0.3 is 0 Å². The molecule has 3 rings (SSSR count). The first-order valence-corrected chi connectivity index (χ1v) is 7.70. The molecule has 0 radical (unpaired) electrons. The van der Waals surface area contributed by atoms with Crippen LogP contribution in [0.5, 0.6) is 0 Å². The molecule has 0 bridgehead atoms. The van der Waals surface area contributed by atoms with E-state index in [9.17, 15) is 9.18 Å². The van der Waals surface area contributed by atoms with E-state index in [0.717, 1.165) is 5.69 Å². The van der Waals surface area contributed by atoms with Crippen molar-refractivity contribution >= 4 is 11.9 Å². The highest BCUT2D eigenvalue weighted by molar-refractivity contribution is 5.93. The van der Waals surface area contributed by atoms with Gasteiger partial charge in [-0.05, 0) is 18.2 Å². The van der Waals surface area contributed by atoms with E-state index in [1.165, 1.54) is 18.5 Å². The molecule has 2 N–H and O–H groups in total. The number of halogens is 1. The van der Waals surface area contributed by atoms with Crippen LogP contribution in [0.25, 0.3) is 0 Å². The standard InChI is InChI=1S/C18H16FN5O/c19-16-7-2-1-5-13(16)9-22-18-23-10-14(11-24-18)17(25)21-12-15-6-3-4-8-20-15/h1-8,10-11H,9,12H2,(H,21,25)(H,22,23,24). The van der Waals surface area contributed by atoms with Gasteiger partial charge in [-0.1, -0.05) is 24.3 Å². The number of pyridine rings is 1. The molecule has 0 aliphatic carbocycles. The quantitative estimate of drug-likeness (QED) is 0.723. The summed E-state index contributed by atoms with van der Waals surface area (Å²) in [4.78, 5) is 24.4. The Kier molecular flexibility index (Phi) is 5.26. The molecule has 126 valence electrons. The fourth-order valence-electron chi connectivity index (χ4n) is 2.13. The van der Waals surface area contributed by atoms with Crippen molar-refractivity contribution in [1.29, 1.82) is 0 Å². The van der Waals surface area contributed by atoms with Crippen molar-refractivity contribution in [2.24, 2.45) is 0 Å². The average molecular weight is 337 g/mol. The molecule has 25 heavy (non-hydrogen) atoms. The van der Waals surface area contributed by atoms with E-state index in [0.29, 0.717) is 23.6 Å². The number of carbonyl (C=O) groups excluding carboxylic acids is 1. The SMILES string of the molecule is O=C(NCc1ccccn1)c1cnc(NCc2ccccc2F)nc1. The molecular weight excluding hydrogens is 321 g/mol. The summed E-state index contributed by atoms with van der Waals surface area (Å²) in [6.45, 7) is 0.588. The minimum Gasteiger partial charge on any atom is -0.350 e. The van der Waals surface area contributed by atoms with Gasteiger partial charge in [-0.15, -0.1) is 0 Å². The van der Waals surface area contributed by atoms with E-state index in [1.54, 1.807) is 24.4 Å². The van der Waals surface area contributed by atoms with Gasteiger partial charge in [-0.25, -0.2) is 14.4 Å². The lowest BCUT2D eigenvalue weighted by atomic mass is 10.2. The maximum Gasteiger partial charge on any atom is 0.254 e. The predicted octanol–water partition coefficient (Wildman–Crippen LogP) is 2.55. The first-order valence-electron chi connectivity index (χ1n) is 7.70. The van der Waals surface area contributed by atoms with Crippen LogP contribution in [0.15, 0.2) is 61.1 Å². The van der Waals surface area contributed by atoms with Crippen LogP contribution < -0.4 is 10.6 Å². The van der Waals surface area contributed by atoms with E-state index >= 15 is 0 Å². The molecule has 1 aromatic carbocycles. The molecule has 7 heteroatoms. The Balaban J connectivity index is 1.54. The minimum atomic E-state index is -0.291. The average Bonchev–Trinajstić information content (AvgIpc) is 2.67. The van der Waals surface area contributed by atoms with Crippen LogP contribution in [0.2, 0.25) is 0 Å². The summed E-state index contributed by atoms with van der Waals surface area (Å²) in [6, 6.07) is 12.0. The number of rotatable bonds is 6. The Hall–Kier alpha value is -3.35. The lowest BCUT2D eigenvalue weighted by molar-refractivity contribution is 0.0949. The molecule has 0 unspecified atom stereocenters. The predicted molar refractivity (Wildman–Crippen MR) is 91.2 cm³/mol. The Labute approximate surface area is 144 Å². The minimum absolute atomic E-state index is 0.262. The van der Waals surface area contributed by atoms with Gasteiger partial charge in [0.1, 0.15) is 5.82 Å². The highest BCUT2D eigenvalue weighted by Gasteiger charge is 2.08. The normalized spacial score (nSPS) is 10.3. The zero-order chi connectivity index (χ0) is 17.5. The Bertz CT molecular complexity index is 840. The zero-order valence-electron chi connectivity index (χ0n) is 13.3. The molecule has 0 saturated heterocycles. The number of carbonyl (C=O) groups is 1. The van der Waals surface area contributed by atoms with Gasteiger partial charge in [0, 0.05) is 30.7 Å². The molecule has 0 atom stereocenters. The van der Waals surface area contributed by atoms with Crippen LogP contribution in [0, 0.1) is 5.82 Å². The highest BCUT2D eigenvalue weighted by atomic mass is 19.1. The second-order valence-electron chi connectivity index (χ2n) is 5.24. The maximum absolute atomic E-state index is 13.5. The van der Waals surface area contributed by atoms with Crippen molar-refractivity contribution in [3.05, 3.63) is 83.7 Å².